The van der Waals surface area contributed by atoms with Crippen LogP contribution in [0.15, 0.2) is 42.5 Å². The number of fused-ring (bicyclic) bond motifs is 1. The molecule has 0 aliphatic carbocycles. The van der Waals surface area contributed by atoms with E-state index in [1.807, 2.05) is 44.2 Å². The van der Waals surface area contributed by atoms with Crippen molar-refractivity contribution >= 4 is 44.2 Å². The molecule has 0 radical (unpaired) electrons. The Morgan fingerprint density at radius 3 is 2.54 bits per heavy atom. The summed E-state index contributed by atoms with van der Waals surface area (Å²) in [6.07, 6.45) is 0.0913. The number of anilines is 1. The monoisotopic (exact) mass is 418 g/mol. The molecule has 7 heteroatoms. The Morgan fingerprint density at radius 2 is 1.93 bits per heavy atom. The molecular weight excluding hydrogens is 394 g/mol. The summed E-state index contributed by atoms with van der Waals surface area (Å²) in [6, 6.07) is 13.0. The van der Waals surface area contributed by atoms with E-state index in [4.69, 9.17) is 16.3 Å². The maximum Gasteiger partial charge on any atom is 0.260 e. The van der Waals surface area contributed by atoms with Crippen molar-refractivity contribution in [2.75, 3.05) is 32.1 Å². The van der Waals surface area contributed by atoms with Gasteiger partial charge in [-0.2, -0.15) is 0 Å². The second kappa shape index (κ2) is 8.90. The quantitative estimate of drug-likeness (QED) is 0.638. The van der Waals surface area contributed by atoms with E-state index in [1.54, 1.807) is 17.0 Å². The number of carbonyl (C=O) groups is 1. The zero-order valence-electron chi connectivity index (χ0n) is 16.5. The van der Waals surface area contributed by atoms with Gasteiger partial charge in [-0.1, -0.05) is 29.0 Å². The highest BCUT2D eigenvalue weighted by molar-refractivity contribution is 7.22. The minimum absolute atomic E-state index is 0.0764. The lowest BCUT2D eigenvalue weighted by molar-refractivity contribution is -0.856. The average molecular weight is 419 g/mol. The highest BCUT2D eigenvalue weighted by Gasteiger charge is 2.22. The van der Waals surface area contributed by atoms with E-state index >= 15 is 0 Å². The Morgan fingerprint density at radius 1 is 1.21 bits per heavy atom. The van der Waals surface area contributed by atoms with Gasteiger partial charge in [-0.25, -0.2) is 4.98 Å². The number of quaternary nitrogens is 1. The van der Waals surface area contributed by atoms with Crippen LogP contribution in [-0.4, -0.2) is 44.2 Å². The van der Waals surface area contributed by atoms with Gasteiger partial charge in [-0.3, -0.25) is 9.69 Å². The van der Waals surface area contributed by atoms with Gasteiger partial charge >= 0.3 is 0 Å². The molecule has 1 aromatic heterocycles. The molecule has 0 atom stereocenters. The first-order valence-corrected chi connectivity index (χ1v) is 10.5. The summed E-state index contributed by atoms with van der Waals surface area (Å²) in [4.78, 5) is 20.9. The lowest BCUT2D eigenvalue weighted by Crippen LogP contribution is -3.06. The lowest BCUT2D eigenvalue weighted by Gasteiger charge is -2.21. The number of nitrogens with zero attached hydrogens (tertiary/aromatic N) is 2. The first-order valence-electron chi connectivity index (χ1n) is 9.28. The summed E-state index contributed by atoms with van der Waals surface area (Å²) in [7, 11) is 4.13. The molecule has 0 bridgehead atoms. The topological polar surface area (TPSA) is 46.9 Å². The minimum atomic E-state index is -0.0764. The SMILES string of the molecule is CC(C)Oc1ccc(C(=O)N(CC[NH+](C)C)c2nc3c(Cl)cccc3s2)cc1. The van der Waals surface area contributed by atoms with E-state index in [0.29, 0.717) is 22.3 Å². The van der Waals surface area contributed by atoms with Crippen LogP contribution >= 0.6 is 22.9 Å². The number of aromatic nitrogens is 1. The Labute approximate surface area is 174 Å². The van der Waals surface area contributed by atoms with Crippen LogP contribution in [0.1, 0.15) is 24.2 Å². The van der Waals surface area contributed by atoms with Crippen molar-refractivity contribution in [1.29, 1.82) is 0 Å². The van der Waals surface area contributed by atoms with Crippen molar-refractivity contribution in [2.24, 2.45) is 0 Å². The van der Waals surface area contributed by atoms with Gasteiger partial charge < -0.3 is 9.64 Å². The fourth-order valence-corrected chi connectivity index (χ4v) is 4.03. The van der Waals surface area contributed by atoms with E-state index < -0.39 is 0 Å². The largest absolute Gasteiger partial charge is 0.491 e. The molecule has 3 rings (SSSR count). The number of para-hydroxylation sites is 1. The van der Waals surface area contributed by atoms with E-state index in [2.05, 4.69) is 19.1 Å². The average Bonchev–Trinajstić information content (AvgIpc) is 3.07. The van der Waals surface area contributed by atoms with Crippen LogP contribution in [-0.2, 0) is 0 Å². The molecule has 0 saturated heterocycles. The van der Waals surface area contributed by atoms with Gasteiger partial charge in [0.1, 0.15) is 11.3 Å². The number of rotatable bonds is 7. The molecule has 1 amide bonds. The van der Waals surface area contributed by atoms with Crippen LogP contribution in [0.2, 0.25) is 5.02 Å². The lowest BCUT2D eigenvalue weighted by atomic mass is 10.2. The summed E-state index contributed by atoms with van der Waals surface area (Å²) in [6.45, 7) is 5.33. The van der Waals surface area contributed by atoms with E-state index in [0.717, 1.165) is 22.5 Å². The Bertz CT molecular complexity index is 954. The Kier molecular flexibility index (Phi) is 6.54. The van der Waals surface area contributed by atoms with E-state index in [-0.39, 0.29) is 12.0 Å². The number of ether oxygens (including phenoxy) is 1. The molecule has 28 heavy (non-hydrogen) atoms. The zero-order chi connectivity index (χ0) is 20.3. The minimum Gasteiger partial charge on any atom is -0.491 e. The van der Waals surface area contributed by atoms with Gasteiger partial charge in [0.15, 0.2) is 5.13 Å². The van der Waals surface area contributed by atoms with Gasteiger partial charge in [0.25, 0.3) is 5.91 Å². The smallest absolute Gasteiger partial charge is 0.260 e. The summed E-state index contributed by atoms with van der Waals surface area (Å²) in [5.41, 5.74) is 1.34. The normalized spacial score (nSPS) is 11.4. The van der Waals surface area contributed by atoms with Crippen LogP contribution in [0.3, 0.4) is 0 Å². The fraction of sp³-hybridized carbons (Fsp3) is 0.333. The molecular formula is C21H25ClN3O2S+. The molecule has 0 unspecified atom stereocenters. The third-order valence-electron chi connectivity index (χ3n) is 4.14. The third-order valence-corrected chi connectivity index (χ3v) is 5.49. The molecule has 0 spiro atoms. The number of hydrogen-bond acceptors (Lipinski definition) is 4. The number of benzene rings is 2. The summed E-state index contributed by atoms with van der Waals surface area (Å²) in [5, 5.41) is 1.26. The van der Waals surface area contributed by atoms with Crippen molar-refractivity contribution in [1.82, 2.24) is 4.98 Å². The van der Waals surface area contributed by atoms with Crippen molar-refractivity contribution in [3.8, 4) is 5.75 Å². The van der Waals surface area contributed by atoms with Crippen molar-refractivity contribution < 1.29 is 14.4 Å². The van der Waals surface area contributed by atoms with Gasteiger partial charge in [0.05, 0.1) is 43.0 Å². The number of amides is 1. The Balaban J connectivity index is 1.92. The summed E-state index contributed by atoms with van der Waals surface area (Å²) in [5.74, 6) is 0.676. The number of nitrogens with one attached hydrogen (secondary N) is 1. The molecule has 0 fully saturated rings. The predicted molar refractivity (Wildman–Crippen MR) is 116 cm³/mol. The molecule has 1 heterocycles. The predicted octanol–water partition coefficient (Wildman–Crippen LogP) is 3.53. The zero-order valence-corrected chi connectivity index (χ0v) is 18.1. The number of hydrogen-bond donors (Lipinski definition) is 1. The van der Waals surface area contributed by atoms with Crippen LogP contribution in [0.25, 0.3) is 10.2 Å². The number of halogens is 1. The van der Waals surface area contributed by atoms with Crippen LogP contribution in [0, 0.1) is 0 Å². The van der Waals surface area contributed by atoms with E-state index in [9.17, 15) is 4.79 Å². The molecule has 0 aliphatic heterocycles. The van der Waals surface area contributed by atoms with Crippen molar-refractivity contribution in [2.45, 2.75) is 20.0 Å². The number of likely N-dealkylation sites (N-methyl/N-ethyl adjacent to an activating group) is 1. The number of carbonyl (C=O) groups excluding carboxylic acids is 1. The van der Waals surface area contributed by atoms with Gasteiger partial charge in [-0.15, -0.1) is 0 Å². The van der Waals surface area contributed by atoms with E-state index in [1.165, 1.54) is 16.2 Å². The first-order chi connectivity index (χ1) is 13.3. The second-order valence-electron chi connectivity index (χ2n) is 7.19. The molecule has 0 aliphatic rings. The van der Waals surface area contributed by atoms with Crippen LogP contribution in [0.4, 0.5) is 5.13 Å². The maximum absolute atomic E-state index is 13.3. The molecule has 148 valence electrons. The van der Waals surface area contributed by atoms with Crippen molar-refractivity contribution in [3.05, 3.63) is 53.1 Å². The van der Waals surface area contributed by atoms with Gasteiger partial charge in [-0.05, 0) is 50.2 Å². The second-order valence-corrected chi connectivity index (χ2v) is 8.60. The first kappa shape index (κ1) is 20.6. The molecule has 0 saturated carbocycles. The maximum atomic E-state index is 13.3. The van der Waals surface area contributed by atoms with Crippen LogP contribution < -0.4 is 14.5 Å². The van der Waals surface area contributed by atoms with Crippen molar-refractivity contribution in [3.63, 3.8) is 0 Å². The van der Waals surface area contributed by atoms with Gasteiger partial charge in [0.2, 0.25) is 0 Å². The number of thiazole rings is 1. The Hall–Kier alpha value is -2.15. The summed E-state index contributed by atoms with van der Waals surface area (Å²) >= 11 is 7.76. The molecule has 1 N–H and O–H groups in total. The standard InChI is InChI=1S/C21H24ClN3O2S/c1-14(2)27-16-10-8-15(9-11-16)20(26)25(13-12-24(3)4)21-23-19-17(22)6-5-7-18(19)28-21/h5-11,14H,12-13H2,1-4H3/p+1. The summed E-state index contributed by atoms with van der Waals surface area (Å²) < 4.78 is 6.64. The van der Waals surface area contributed by atoms with Crippen LogP contribution in [0.5, 0.6) is 5.75 Å². The third kappa shape index (κ3) is 4.82. The van der Waals surface area contributed by atoms with Gasteiger partial charge in [0, 0.05) is 5.56 Å². The molecule has 3 aromatic rings. The highest BCUT2D eigenvalue weighted by atomic mass is 35.5. The molecule has 5 nitrogen and oxygen atoms in total. The molecule has 2 aromatic carbocycles. The highest BCUT2D eigenvalue weighted by Crippen LogP contribution is 2.33. The fourth-order valence-electron chi connectivity index (χ4n) is 2.74.